The summed E-state index contributed by atoms with van der Waals surface area (Å²) in [6.07, 6.45) is 1.59. The molecule has 0 aromatic carbocycles. The smallest absolute Gasteiger partial charge is 0.254 e. The van der Waals surface area contributed by atoms with Crippen molar-refractivity contribution >= 4 is 21.8 Å². The molecule has 2 N–H and O–H groups in total. The van der Waals surface area contributed by atoms with Crippen LogP contribution in [0.25, 0.3) is 0 Å². The molecule has 0 bridgehead atoms. The predicted molar refractivity (Wildman–Crippen MR) is 83.7 cm³/mol. The number of halogens is 1. The van der Waals surface area contributed by atoms with Crippen LogP contribution in [-0.2, 0) is 0 Å². The quantitative estimate of drug-likeness (QED) is 0.781. The van der Waals surface area contributed by atoms with Gasteiger partial charge in [0.25, 0.3) is 5.91 Å². The van der Waals surface area contributed by atoms with E-state index in [9.17, 15) is 9.90 Å². The summed E-state index contributed by atoms with van der Waals surface area (Å²) in [4.78, 5) is 16.3. The Kier molecular flexibility index (Phi) is 6.14. The van der Waals surface area contributed by atoms with E-state index in [1.165, 1.54) is 0 Å². The Morgan fingerprint density at radius 2 is 2.15 bits per heavy atom. The predicted octanol–water partition coefficient (Wildman–Crippen LogP) is 3.07. The fourth-order valence-corrected chi connectivity index (χ4v) is 2.34. The fourth-order valence-electron chi connectivity index (χ4n) is 1.75. The molecule has 0 aliphatic rings. The van der Waals surface area contributed by atoms with Gasteiger partial charge in [0.2, 0.25) is 0 Å². The zero-order valence-electron chi connectivity index (χ0n) is 12.5. The number of carbonyl (C=O) groups excluding carboxylic acids is 1. The van der Waals surface area contributed by atoms with Crippen molar-refractivity contribution in [1.29, 1.82) is 0 Å². The Hall–Kier alpha value is -0.940. The van der Waals surface area contributed by atoms with Crippen LogP contribution in [0.15, 0.2) is 16.7 Å². The molecule has 1 atom stereocenters. The van der Waals surface area contributed by atoms with Crippen molar-refractivity contribution in [1.82, 2.24) is 10.3 Å². The zero-order chi connectivity index (χ0) is 15.3. The minimum atomic E-state index is -0.884. The number of carbonyl (C=O) groups is 1. The van der Waals surface area contributed by atoms with Crippen molar-refractivity contribution < 1.29 is 9.90 Å². The standard InChI is InChI=1S/C15H23BrN2O2/c1-10(2)7-8-15(4,20)9-17-14(19)12-6-5-11(3)18-13(12)16/h5-6,10,20H,7-9H2,1-4H3,(H,17,19). The Morgan fingerprint density at radius 3 is 2.70 bits per heavy atom. The van der Waals surface area contributed by atoms with E-state index >= 15 is 0 Å². The first kappa shape index (κ1) is 17.1. The summed E-state index contributed by atoms with van der Waals surface area (Å²) in [7, 11) is 0. The molecule has 0 saturated carbocycles. The maximum atomic E-state index is 12.1. The third-order valence-electron chi connectivity index (χ3n) is 3.12. The lowest BCUT2D eigenvalue weighted by atomic mass is 9.95. The van der Waals surface area contributed by atoms with Crippen LogP contribution in [0.2, 0.25) is 0 Å². The summed E-state index contributed by atoms with van der Waals surface area (Å²) >= 11 is 3.28. The summed E-state index contributed by atoms with van der Waals surface area (Å²) < 4.78 is 0.525. The van der Waals surface area contributed by atoms with E-state index in [1.54, 1.807) is 19.1 Å². The van der Waals surface area contributed by atoms with Crippen LogP contribution < -0.4 is 5.32 Å². The van der Waals surface area contributed by atoms with E-state index in [4.69, 9.17) is 0 Å². The Morgan fingerprint density at radius 1 is 1.50 bits per heavy atom. The van der Waals surface area contributed by atoms with Gasteiger partial charge in [-0.15, -0.1) is 0 Å². The monoisotopic (exact) mass is 342 g/mol. The molecular formula is C15H23BrN2O2. The first-order chi connectivity index (χ1) is 9.21. The molecule has 1 rings (SSSR count). The highest BCUT2D eigenvalue weighted by Crippen LogP contribution is 2.17. The molecule has 1 heterocycles. The summed E-state index contributed by atoms with van der Waals surface area (Å²) in [6.45, 7) is 8.08. The number of hydrogen-bond acceptors (Lipinski definition) is 3. The van der Waals surface area contributed by atoms with Gasteiger partial charge in [-0.3, -0.25) is 4.79 Å². The van der Waals surface area contributed by atoms with E-state index in [0.29, 0.717) is 22.5 Å². The lowest BCUT2D eigenvalue weighted by Crippen LogP contribution is -2.41. The van der Waals surface area contributed by atoms with E-state index in [2.05, 4.69) is 40.1 Å². The average Bonchev–Trinajstić information content (AvgIpc) is 2.34. The summed E-state index contributed by atoms with van der Waals surface area (Å²) in [5.74, 6) is 0.307. The lowest BCUT2D eigenvalue weighted by molar-refractivity contribution is 0.0429. The Labute approximate surface area is 129 Å². The van der Waals surface area contributed by atoms with E-state index in [-0.39, 0.29) is 12.5 Å². The van der Waals surface area contributed by atoms with E-state index < -0.39 is 5.60 Å². The summed E-state index contributed by atoms with van der Waals surface area (Å²) in [5, 5.41) is 13.0. The second-order valence-corrected chi connectivity index (χ2v) is 6.65. The van der Waals surface area contributed by atoms with Gasteiger partial charge in [-0.05, 0) is 60.7 Å². The van der Waals surface area contributed by atoms with E-state index in [1.807, 2.05) is 6.92 Å². The van der Waals surface area contributed by atoms with Gasteiger partial charge in [-0.2, -0.15) is 0 Å². The second kappa shape index (κ2) is 7.18. The third kappa shape index (κ3) is 5.59. The number of hydrogen-bond donors (Lipinski definition) is 2. The van der Waals surface area contributed by atoms with Gasteiger partial charge in [0.1, 0.15) is 4.60 Å². The molecule has 112 valence electrons. The van der Waals surface area contributed by atoms with Gasteiger partial charge < -0.3 is 10.4 Å². The molecule has 1 amide bonds. The Balaban J connectivity index is 2.58. The van der Waals surface area contributed by atoms with Crippen LogP contribution in [0.1, 0.15) is 49.7 Å². The maximum absolute atomic E-state index is 12.1. The molecule has 1 unspecified atom stereocenters. The molecule has 5 heteroatoms. The molecule has 1 aromatic rings. The number of amides is 1. The highest BCUT2D eigenvalue weighted by molar-refractivity contribution is 9.10. The van der Waals surface area contributed by atoms with Crippen LogP contribution >= 0.6 is 15.9 Å². The molecule has 20 heavy (non-hydrogen) atoms. The topological polar surface area (TPSA) is 62.2 Å². The molecule has 0 aliphatic heterocycles. The van der Waals surface area contributed by atoms with Gasteiger partial charge in [0.05, 0.1) is 11.2 Å². The van der Waals surface area contributed by atoms with Crippen LogP contribution in [0.3, 0.4) is 0 Å². The molecule has 4 nitrogen and oxygen atoms in total. The van der Waals surface area contributed by atoms with E-state index in [0.717, 1.165) is 12.1 Å². The molecule has 0 spiro atoms. The van der Waals surface area contributed by atoms with Crippen molar-refractivity contribution in [2.75, 3.05) is 6.54 Å². The average molecular weight is 343 g/mol. The Bertz CT molecular complexity index is 473. The summed E-state index contributed by atoms with van der Waals surface area (Å²) in [5.41, 5.74) is 0.442. The second-order valence-electron chi connectivity index (χ2n) is 5.90. The largest absolute Gasteiger partial charge is 0.388 e. The maximum Gasteiger partial charge on any atom is 0.254 e. The minimum Gasteiger partial charge on any atom is -0.388 e. The number of rotatable bonds is 6. The summed E-state index contributed by atoms with van der Waals surface area (Å²) in [6, 6.07) is 3.52. The minimum absolute atomic E-state index is 0.228. The first-order valence-electron chi connectivity index (χ1n) is 6.85. The molecule has 0 radical (unpaired) electrons. The number of aromatic nitrogens is 1. The van der Waals surface area contributed by atoms with Gasteiger partial charge in [-0.25, -0.2) is 4.98 Å². The van der Waals surface area contributed by atoms with Crippen molar-refractivity contribution in [3.05, 3.63) is 28.0 Å². The van der Waals surface area contributed by atoms with Crippen LogP contribution in [-0.4, -0.2) is 28.1 Å². The van der Waals surface area contributed by atoms with Gasteiger partial charge in [0.15, 0.2) is 0 Å². The van der Waals surface area contributed by atoms with Crippen LogP contribution in [0.4, 0.5) is 0 Å². The molecule has 0 fully saturated rings. The SMILES string of the molecule is Cc1ccc(C(=O)NCC(C)(O)CCC(C)C)c(Br)n1. The van der Waals surface area contributed by atoms with Gasteiger partial charge >= 0.3 is 0 Å². The number of aryl methyl sites for hydroxylation is 1. The third-order valence-corrected chi connectivity index (χ3v) is 3.73. The fraction of sp³-hybridized carbons (Fsp3) is 0.600. The molecular weight excluding hydrogens is 320 g/mol. The number of pyridine rings is 1. The molecule has 0 saturated heterocycles. The highest BCUT2D eigenvalue weighted by atomic mass is 79.9. The van der Waals surface area contributed by atoms with Gasteiger partial charge in [0, 0.05) is 12.2 Å². The van der Waals surface area contributed by atoms with Crippen molar-refractivity contribution in [3.63, 3.8) is 0 Å². The first-order valence-corrected chi connectivity index (χ1v) is 7.64. The van der Waals surface area contributed by atoms with Crippen LogP contribution in [0.5, 0.6) is 0 Å². The van der Waals surface area contributed by atoms with Crippen molar-refractivity contribution in [2.45, 2.75) is 46.1 Å². The van der Waals surface area contributed by atoms with Gasteiger partial charge in [-0.1, -0.05) is 13.8 Å². The molecule has 1 aromatic heterocycles. The number of aliphatic hydroxyl groups is 1. The number of nitrogens with one attached hydrogen (secondary N) is 1. The van der Waals surface area contributed by atoms with Crippen LogP contribution in [0, 0.1) is 12.8 Å². The highest BCUT2D eigenvalue weighted by Gasteiger charge is 2.22. The van der Waals surface area contributed by atoms with Crippen molar-refractivity contribution in [3.8, 4) is 0 Å². The molecule has 0 aliphatic carbocycles. The van der Waals surface area contributed by atoms with Crippen molar-refractivity contribution in [2.24, 2.45) is 5.92 Å². The zero-order valence-corrected chi connectivity index (χ0v) is 14.1. The number of nitrogens with zero attached hydrogens (tertiary/aromatic N) is 1. The lowest BCUT2D eigenvalue weighted by Gasteiger charge is -2.24. The normalized spacial score (nSPS) is 14.2.